The molecule has 0 amide bonds. The van der Waals surface area contributed by atoms with Crippen molar-refractivity contribution in [3.8, 4) is 22.3 Å². The van der Waals surface area contributed by atoms with Gasteiger partial charge in [-0.25, -0.2) is 0 Å². The summed E-state index contributed by atoms with van der Waals surface area (Å²) in [6.07, 6.45) is 5.97. The summed E-state index contributed by atoms with van der Waals surface area (Å²) >= 11 is 12.9. The first kappa shape index (κ1) is 20.5. The van der Waals surface area contributed by atoms with Crippen molar-refractivity contribution in [3.05, 3.63) is 77.2 Å². The van der Waals surface area contributed by atoms with E-state index in [0.717, 1.165) is 77.6 Å². The molecule has 0 radical (unpaired) electrons. The van der Waals surface area contributed by atoms with E-state index in [1.807, 2.05) is 48.8 Å². The van der Waals surface area contributed by atoms with Crippen LogP contribution < -0.4 is 0 Å². The number of nitrogens with zero attached hydrogens (tertiary/aromatic N) is 3. The number of hydrogen-bond donors (Lipinski definition) is 0. The van der Waals surface area contributed by atoms with Gasteiger partial charge < -0.3 is 9.30 Å². The van der Waals surface area contributed by atoms with Crippen molar-refractivity contribution < 1.29 is 4.74 Å². The summed E-state index contributed by atoms with van der Waals surface area (Å²) in [7, 11) is 0. The third kappa shape index (κ3) is 4.35. The van der Waals surface area contributed by atoms with Crippen LogP contribution in [0.15, 0.2) is 67.1 Å². The second kappa shape index (κ2) is 9.01. The van der Waals surface area contributed by atoms with Crippen molar-refractivity contribution in [2.24, 2.45) is 0 Å². The van der Waals surface area contributed by atoms with Gasteiger partial charge in [-0.2, -0.15) is 0 Å². The molecular formula is C25H23Cl2N3O. The highest BCUT2D eigenvalue weighted by atomic mass is 35.5. The minimum Gasteiger partial charge on any atom is -0.379 e. The molecule has 0 atom stereocenters. The van der Waals surface area contributed by atoms with Gasteiger partial charge in [-0.3, -0.25) is 9.88 Å². The van der Waals surface area contributed by atoms with Crippen molar-refractivity contribution in [3.63, 3.8) is 0 Å². The monoisotopic (exact) mass is 451 g/mol. The van der Waals surface area contributed by atoms with Gasteiger partial charge in [0.25, 0.3) is 0 Å². The number of morpholine rings is 1. The van der Waals surface area contributed by atoms with Gasteiger partial charge in [0.1, 0.15) is 0 Å². The Hall–Kier alpha value is -2.37. The molecule has 6 heteroatoms. The molecule has 0 bridgehead atoms. The summed E-state index contributed by atoms with van der Waals surface area (Å²) < 4.78 is 7.78. The molecule has 1 aliphatic heterocycles. The van der Waals surface area contributed by atoms with E-state index in [2.05, 4.69) is 32.8 Å². The van der Waals surface area contributed by atoms with E-state index in [1.165, 1.54) is 0 Å². The molecule has 1 fully saturated rings. The zero-order valence-electron chi connectivity index (χ0n) is 17.1. The lowest BCUT2D eigenvalue weighted by Crippen LogP contribution is -2.38. The normalized spacial score (nSPS) is 14.9. The first-order valence-electron chi connectivity index (χ1n) is 10.5. The van der Waals surface area contributed by atoms with Crippen molar-refractivity contribution in [1.82, 2.24) is 14.5 Å². The van der Waals surface area contributed by atoms with Gasteiger partial charge in [0.05, 0.1) is 23.8 Å². The fourth-order valence-corrected chi connectivity index (χ4v) is 4.66. The molecule has 1 aliphatic rings. The number of rotatable bonds is 5. The number of aromatic nitrogens is 2. The quantitative estimate of drug-likeness (QED) is 0.372. The molecule has 0 N–H and O–H groups in total. The molecule has 4 nitrogen and oxygen atoms in total. The van der Waals surface area contributed by atoms with E-state index < -0.39 is 0 Å². The maximum absolute atomic E-state index is 6.67. The smallest absolute Gasteiger partial charge is 0.0594 e. The van der Waals surface area contributed by atoms with E-state index in [4.69, 9.17) is 27.9 Å². The van der Waals surface area contributed by atoms with E-state index in [9.17, 15) is 0 Å². The van der Waals surface area contributed by atoms with Gasteiger partial charge in [0, 0.05) is 71.9 Å². The Morgan fingerprint density at radius 3 is 2.52 bits per heavy atom. The van der Waals surface area contributed by atoms with Crippen LogP contribution >= 0.6 is 23.2 Å². The van der Waals surface area contributed by atoms with Gasteiger partial charge in [0.15, 0.2) is 0 Å². The summed E-state index contributed by atoms with van der Waals surface area (Å²) in [5.74, 6) is 0. The van der Waals surface area contributed by atoms with Crippen LogP contribution in [0, 0.1) is 0 Å². The van der Waals surface area contributed by atoms with Crippen LogP contribution in [0.1, 0.15) is 0 Å². The largest absolute Gasteiger partial charge is 0.379 e. The highest BCUT2D eigenvalue weighted by Gasteiger charge is 2.16. The predicted molar refractivity (Wildman–Crippen MR) is 128 cm³/mol. The molecule has 1 saturated heterocycles. The Morgan fingerprint density at radius 2 is 1.68 bits per heavy atom. The lowest BCUT2D eigenvalue weighted by atomic mass is 10.0. The summed E-state index contributed by atoms with van der Waals surface area (Å²) in [6, 6.07) is 16.1. The predicted octanol–water partition coefficient (Wildman–Crippen LogP) is 6.01. The van der Waals surface area contributed by atoms with Crippen LogP contribution in [0.3, 0.4) is 0 Å². The zero-order chi connectivity index (χ0) is 21.2. The van der Waals surface area contributed by atoms with Crippen molar-refractivity contribution in [2.45, 2.75) is 6.54 Å². The standard InChI is InChI=1S/C25H23Cl2N3O/c26-21-4-1-3-18(14-21)19-13-20(16-28-15-19)22-17-30(8-7-29-9-11-31-12-10-29)24-6-2-5-23(27)25(22)24/h1-6,13-17H,7-12H2. The van der Waals surface area contributed by atoms with Crippen molar-refractivity contribution in [2.75, 3.05) is 32.8 Å². The average molecular weight is 452 g/mol. The zero-order valence-corrected chi connectivity index (χ0v) is 18.6. The Kier molecular flexibility index (Phi) is 5.97. The number of ether oxygens (including phenoxy) is 1. The molecular weight excluding hydrogens is 429 g/mol. The van der Waals surface area contributed by atoms with E-state index in [-0.39, 0.29) is 0 Å². The molecule has 0 spiro atoms. The molecule has 5 rings (SSSR count). The summed E-state index contributed by atoms with van der Waals surface area (Å²) in [4.78, 5) is 6.96. The lowest BCUT2D eigenvalue weighted by Gasteiger charge is -2.26. The highest BCUT2D eigenvalue weighted by Crippen LogP contribution is 2.36. The molecule has 0 unspecified atom stereocenters. The first-order chi connectivity index (χ1) is 15.2. The number of halogens is 2. The van der Waals surface area contributed by atoms with Crippen molar-refractivity contribution in [1.29, 1.82) is 0 Å². The maximum atomic E-state index is 6.67. The lowest BCUT2D eigenvalue weighted by molar-refractivity contribution is 0.0365. The first-order valence-corrected chi connectivity index (χ1v) is 11.2. The second-order valence-electron chi connectivity index (χ2n) is 7.80. The average Bonchev–Trinajstić information content (AvgIpc) is 3.19. The van der Waals surface area contributed by atoms with Gasteiger partial charge in [-0.15, -0.1) is 0 Å². The third-order valence-electron chi connectivity index (χ3n) is 5.82. The van der Waals surface area contributed by atoms with Gasteiger partial charge >= 0.3 is 0 Å². The SMILES string of the molecule is Clc1cccc(-c2cncc(-c3cn(CCN4CCOCC4)c4cccc(Cl)c34)c2)c1. The van der Waals surface area contributed by atoms with Crippen LogP contribution in [0.5, 0.6) is 0 Å². The number of benzene rings is 2. The fraction of sp³-hybridized carbons (Fsp3) is 0.240. The molecule has 158 valence electrons. The Balaban J connectivity index is 1.53. The molecule has 0 aliphatic carbocycles. The molecule has 31 heavy (non-hydrogen) atoms. The Morgan fingerprint density at radius 1 is 0.871 bits per heavy atom. The topological polar surface area (TPSA) is 30.3 Å². The molecule has 3 heterocycles. The number of pyridine rings is 1. The summed E-state index contributed by atoms with van der Waals surface area (Å²) in [5.41, 5.74) is 5.36. The Labute approximate surface area is 192 Å². The van der Waals surface area contributed by atoms with E-state index in [0.29, 0.717) is 5.02 Å². The highest BCUT2D eigenvalue weighted by molar-refractivity contribution is 6.36. The molecule has 4 aromatic rings. The van der Waals surface area contributed by atoms with Crippen LogP contribution in [0.25, 0.3) is 33.2 Å². The van der Waals surface area contributed by atoms with E-state index in [1.54, 1.807) is 0 Å². The molecule has 2 aromatic carbocycles. The fourth-order valence-electron chi connectivity index (χ4n) is 4.20. The van der Waals surface area contributed by atoms with Crippen molar-refractivity contribution >= 4 is 34.1 Å². The van der Waals surface area contributed by atoms with Gasteiger partial charge in [-0.05, 0) is 35.9 Å². The van der Waals surface area contributed by atoms with Gasteiger partial charge in [-0.1, -0.05) is 41.4 Å². The summed E-state index contributed by atoms with van der Waals surface area (Å²) in [6.45, 7) is 5.48. The van der Waals surface area contributed by atoms with Crippen LogP contribution in [0.2, 0.25) is 10.0 Å². The number of hydrogen-bond acceptors (Lipinski definition) is 3. The van der Waals surface area contributed by atoms with Crippen LogP contribution in [0.4, 0.5) is 0 Å². The minimum absolute atomic E-state index is 0.714. The van der Waals surface area contributed by atoms with E-state index >= 15 is 0 Å². The number of fused-ring (bicyclic) bond motifs is 1. The molecule has 0 saturated carbocycles. The van der Waals surface area contributed by atoms with Gasteiger partial charge in [0.2, 0.25) is 0 Å². The van der Waals surface area contributed by atoms with Crippen LogP contribution in [-0.4, -0.2) is 47.3 Å². The molecule has 2 aromatic heterocycles. The third-order valence-corrected chi connectivity index (χ3v) is 6.37. The maximum Gasteiger partial charge on any atom is 0.0594 e. The summed E-state index contributed by atoms with van der Waals surface area (Å²) in [5, 5.41) is 2.53. The Bertz CT molecular complexity index is 1210. The van der Waals surface area contributed by atoms with Crippen LogP contribution in [-0.2, 0) is 11.3 Å². The second-order valence-corrected chi connectivity index (χ2v) is 8.64. The minimum atomic E-state index is 0.714.